The normalized spacial score (nSPS) is 31.9. The van der Waals surface area contributed by atoms with Crippen molar-refractivity contribution in [3.05, 3.63) is 0 Å². The van der Waals surface area contributed by atoms with Crippen LogP contribution in [0.1, 0.15) is 45.4 Å². The molecule has 2 aliphatic heterocycles. The Bertz CT molecular complexity index is 331. The summed E-state index contributed by atoms with van der Waals surface area (Å²) >= 11 is 1.91. The molecule has 3 aliphatic rings. The number of aliphatic imine (C=N–C) groups is 1. The summed E-state index contributed by atoms with van der Waals surface area (Å²) in [4.78, 5) is 4.85. The summed E-state index contributed by atoms with van der Waals surface area (Å²) < 4.78 is 5.46. The molecule has 0 radical (unpaired) electrons. The first-order chi connectivity index (χ1) is 8.70. The molecule has 0 bridgehead atoms. The lowest BCUT2D eigenvalue weighted by molar-refractivity contribution is 0.0555. The van der Waals surface area contributed by atoms with Gasteiger partial charge in [-0.15, -0.1) is 0 Å². The van der Waals surface area contributed by atoms with Crippen LogP contribution in [0, 0.1) is 5.41 Å². The highest BCUT2D eigenvalue weighted by Crippen LogP contribution is 2.38. The molecule has 0 aromatic heterocycles. The van der Waals surface area contributed by atoms with E-state index in [1.54, 1.807) is 0 Å². The van der Waals surface area contributed by atoms with Crippen molar-refractivity contribution in [2.45, 2.75) is 51.0 Å². The SMILES string of the molecule is CC1(CN=C2NC3(CCOCC3)CS2)CCCC1. The van der Waals surface area contributed by atoms with Crippen LogP contribution in [-0.4, -0.2) is 36.2 Å². The van der Waals surface area contributed by atoms with Gasteiger partial charge in [0, 0.05) is 25.5 Å². The van der Waals surface area contributed by atoms with Crippen molar-refractivity contribution in [2.24, 2.45) is 10.4 Å². The molecule has 1 aliphatic carbocycles. The van der Waals surface area contributed by atoms with Crippen molar-refractivity contribution in [3.8, 4) is 0 Å². The van der Waals surface area contributed by atoms with Crippen molar-refractivity contribution in [2.75, 3.05) is 25.5 Å². The van der Waals surface area contributed by atoms with Gasteiger partial charge in [-0.1, -0.05) is 31.5 Å². The second-order valence-electron chi connectivity index (χ2n) is 6.45. The molecule has 102 valence electrons. The summed E-state index contributed by atoms with van der Waals surface area (Å²) in [5.41, 5.74) is 0.763. The largest absolute Gasteiger partial charge is 0.381 e. The van der Waals surface area contributed by atoms with E-state index in [0.717, 1.165) is 32.6 Å². The molecule has 3 rings (SSSR count). The summed E-state index contributed by atoms with van der Waals surface area (Å²) in [6.07, 6.45) is 7.76. The number of nitrogens with zero attached hydrogens (tertiary/aromatic N) is 1. The third-order valence-electron chi connectivity index (χ3n) is 4.72. The molecular formula is C14H24N2OS. The number of rotatable bonds is 2. The molecule has 0 unspecified atom stereocenters. The molecule has 3 nitrogen and oxygen atoms in total. The topological polar surface area (TPSA) is 33.6 Å². The van der Waals surface area contributed by atoms with Gasteiger partial charge in [-0.05, 0) is 31.1 Å². The van der Waals surface area contributed by atoms with Gasteiger partial charge in [0.15, 0.2) is 5.17 Å². The summed E-state index contributed by atoms with van der Waals surface area (Å²) in [5, 5.41) is 4.87. The first-order valence-electron chi connectivity index (χ1n) is 7.23. The quantitative estimate of drug-likeness (QED) is 0.836. The molecule has 4 heteroatoms. The molecule has 3 fully saturated rings. The van der Waals surface area contributed by atoms with Gasteiger partial charge in [-0.3, -0.25) is 4.99 Å². The van der Waals surface area contributed by atoms with Crippen molar-refractivity contribution in [3.63, 3.8) is 0 Å². The van der Waals surface area contributed by atoms with Crippen molar-refractivity contribution in [1.82, 2.24) is 5.32 Å². The molecule has 0 atom stereocenters. The molecule has 1 N–H and O–H groups in total. The summed E-state index contributed by atoms with van der Waals surface area (Å²) in [6.45, 7) is 5.21. The molecule has 18 heavy (non-hydrogen) atoms. The third kappa shape index (κ3) is 2.69. The van der Waals surface area contributed by atoms with Gasteiger partial charge in [-0.25, -0.2) is 0 Å². The first-order valence-corrected chi connectivity index (χ1v) is 8.22. The maximum atomic E-state index is 5.46. The number of thioether (sulfide) groups is 1. The van der Waals surface area contributed by atoms with Crippen LogP contribution < -0.4 is 5.32 Å². The van der Waals surface area contributed by atoms with E-state index in [9.17, 15) is 0 Å². The highest BCUT2D eigenvalue weighted by atomic mass is 32.2. The maximum absolute atomic E-state index is 5.46. The van der Waals surface area contributed by atoms with Gasteiger partial charge in [-0.2, -0.15) is 0 Å². The standard InChI is InChI=1S/C14H24N2OS/c1-13(4-2-3-5-13)10-15-12-16-14(11-18-12)6-8-17-9-7-14/h2-11H2,1H3,(H,15,16). The smallest absolute Gasteiger partial charge is 0.157 e. The Morgan fingerprint density at radius 3 is 2.67 bits per heavy atom. The zero-order valence-corrected chi connectivity index (χ0v) is 12.2. The second-order valence-corrected chi connectivity index (χ2v) is 7.41. The number of nitrogens with one attached hydrogen (secondary N) is 1. The van der Waals surface area contributed by atoms with Crippen LogP contribution in [0.2, 0.25) is 0 Å². The van der Waals surface area contributed by atoms with Gasteiger partial charge in [0.05, 0.1) is 5.54 Å². The van der Waals surface area contributed by atoms with Gasteiger partial charge < -0.3 is 10.1 Å². The Hall–Kier alpha value is -0.220. The summed E-state index contributed by atoms with van der Waals surface area (Å²) in [7, 11) is 0. The average molecular weight is 268 g/mol. The van der Waals surface area contributed by atoms with Crippen LogP contribution in [-0.2, 0) is 4.74 Å². The minimum atomic E-state index is 0.290. The fourth-order valence-electron chi connectivity index (χ4n) is 3.27. The lowest BCUT2D eigenvalue weighted by Gasteiger charge is -2.32. The van der Waals surface area contributed by atoms with Gasteiger partial charge >= 0.3 is 0 Å². The molecule has 2 heterocycles. The maximum Gasteiger partial charge on any atom is 0.157 e. The fraction of sp³-hybridized carbons (Fsp3) is 0.929. The van der Waals surface area contributed by atoms with Gasteiger partial charge in [0.1, 0.15) is 0 Å². The van der Waals surface area contributed by atoms with E-state index in [-0.39, 0.29) is 0 Å². The predicted octanol–water partition coefficient (Wildman–Crippen LogP) is 2.81. The Balaban J connectivity index is 1.57. The van der Waals surface area contributed by atoms with Crippen LogP contribution in [0.3, 0.4) is 0 Å². The average Bonchev–Trinajstić information content (AvgIpc) is 2.97. The predicted molar refractivity (Wildman–Crippen MR) is 77.3 cm³/mol. The zero-order chi connectivity index (χ0) is 12.5. The van der Waals surface area contributed by atoms with Crippen LogP contribution in [0.4, 0.5) is 0 Å². The molecule has 0 aromatic rings. The minimum Gasteiger partial charge on any atom is -0.381 e. The van der Waals surface area contributed by atoms with Crippen LogP contribution in [0.15, 0.2) is 4.99 Å². The number of amidine groups is 1. The molecule has 0 amide bonds. The first kappa shape index (κ1) is 12.8. The lowest BCUT2D eigenvalue weighted by atomic mass is 9.89. The van der Waals surface area contributed by atoms with Gasteiger partial charge in [0.2, 0.25) is 0 Å². The lowest BCUT2D eigenvalue weighted by Crippen LogP contribution is -2.48. The molecule has 1 spiro atoms. The summed E-state index contributed by atoms with van der Waals surface area (Å²) in [5.74, 6) is 1.17. The Morgan fingerprint density at radius 1 is 1.22 bits per heavy atom. The highest BCUT2D eigenvalue weighted by molar-refractivity contribution is 8.14. The van der Waals surface area contributed by atoms with E-state index in [0.29, 0.717) is 11.0 Å². The number of hydrogen-bond donors (Lipinski definition) is 1. The third-order valence-corrected chi connectivity index (χ3v) is 5.92. The number of hydrogen-bond acceptors (Lipinski definition) is 3. The minimum absolute atomic E-state index is 0.290. The molecule has 2 saturated heterocycles. The van der Waals surface area contributed by atoms with E-state index in [2.05, 4.69) is 12.2 Å². The number of ether oxygens (including phenoxy) is 1. The van der Waals surface area contributed by atoms with E-state index in [1.165, 1.54) is 36.6 Å². The molecule has 0 aromatic carbocycles. The van der Waals surface area contributed by atoms with E-state index in [4.69, 9.17) is 9.73 Å². The zero-order valence-electron chi connectivity index (χ0n) is 11.3. The second kappa shape index (κ2) is 5.04. The molecule has 1 saturated carbocycles. The van der Waals surface area contributed by atoms with Crippen LogP contribution in [0.25, 0.3) is 0 Å². The Kier molecular flexibility index (Phi) is 3.59. The van der Waals surface area contributed by atoms with E-state index >= 15 is 0 Å². The van der Waals surface area contributed by atoms with Crippen molar-refractivity contribution >= 4 is 16.9 Å². The van der Waals surface area contributed by atoms with Crippen molar-refractivity contribution < 1.29 is 4.74 Å². The fourth-order valence-corrected chi connectivity index (χ4v) is 4.49. The van der Waals surface area contributed by atoms with E-state index in [1.807, 2.05) is 11.8 Å². The van der Waals surface area contributed by atoms with E-state index < -0.39 is 0 Å². The monoisotopic (exact) mass is 268 g/mol. The van der Waals surface area contributed by atoms with Crippen LogP contribution in [0.5, 0.6) is 0 Å². The highest BCUT2D eigenvalue weighted by Gasteiger charge is 2.39. The Labute approximate surface area is 114 Å². The van der Waals surface area contributed by atoms with Gasteiger partial charge in [0.25, 0.3) is 0 Å². The Morgan fingerprint density at radius 2 is 1.94 bits per heavy atom. The van der Waals surface area contributed by atoms with Crippen molar-refractivity contribution in [1.29, 1.82) is 0 Å². The summed E-state index contributed by atoms with van der Waals surface area (Å²) in [6, 6.07) is 0. The molecular weight excluding hydrogens is 244 g/mol. The van der Waals surface area contributed by atoms with Crippen LogP contribution >= 0.6 is 11.8 Å².